The molecule has 2 aromatic carbocycles. The Morgan fingerprint density at radius 2 is 1.82 bits per heavy atom. The van der Waals surface area contributed by atoms with E-state index in [2.05, 4.69) is 68.4 Å². The van der Waals surface area contributed by atoms with Crippen LogP contribution in [0.1, 0.15) is 18.0 Å². The normalized spacial score (nSPS) is 16.9. The van der Waals surface area contributed by atoms with Gasteiger partial charge in [0, 0.05) is 22.6 Å². The highest BCUT2D eigenvalue weighted by Gasteiger charge is 2.23. The van der Waals surface area contributed by atoms with E-state index in [1.54, 1.807) is 0 Å². The van der Waals surface area contributed by atoms with Crippen LogP contribution in [0.25, 0.3) is 11.3 Å². The van der Waals surface area contributed by atoms with E-state index >= 15 is 0 Å². The Morgan fingerprint density at radius 3 is 2.59 bits per heavy atom. The number of rotatable bonds is 2. The topological polar surface area (TPSA) is 29.9 Å². The van der Waals surface area contributed by atoms with Crippen LogP contribution in [0.2, 0.25) is 0 Å². The predicted molar refractivity (Wildman–Crippen MR) is 93.1 cm³/mol. The third-order valence-electron chi connectivity index (χ3n) is 4.08. The average molecular weight is 354 g/mol. The fraction of sp³-hybridized carbons (Fsp3) is 0.167. The van der Waals surface area contributed by atoms with E-state index in [1.165, 1.54) is 5.56 Å². The molecule has 0 radical (unpaired) electrons. The lowest BCUT2D eigenvalue weighted by Crippen LogP contribution is -2.24. The molecule has 0 aliphatic carbocycles. The maximum atomic E-state index is 4.84. The summed E-state index contributed by atoms with van der Waals surface area (Å²) >= 11 is 3.50. The van der Waals surface area contributed by atoms with Crippen LogP contribution in [0, 0.1) is 0 Å². The second-order valence-corrected chi connectivity index (χ2v) is 6.42. The number of hydrogen-bond donors (Lipinski definition) is 1. The average Bonchev–Trinajstić information content (AvgIpc) is 3.01. The first-order valence-corrected chi connectivity index (χ1v) is 8.25. The molecule has 0 saturated carbocycles. The lowest BCUT2D eigenvalue weighted by Gasteiger charge is -2.26. The molecule has 2 heterocycles. The van der Waals surface area contributed by atoms with Crippen LogP contribution in [-0.4, -0.2) is 16.3 Å². The number of nitrogens with zero attached hydrogens (tertiary/aromatic N) is 2. The van der Waals surface area contributed by atoms with Gasteiger partial charge in [0.05, 0.1) is 11.7 Å². The minimum absolute atomic E-state index is 0.293. The Labute approximate surface area is 138 Å². The molecule has 0 saturated heterocycles. The minimum atomic E-state index is 0.293. The first-order valence-electron chi connectivity index (χ1n) is 7.45. The molecule has 0 amide bonds. The van der Waals surface area contributed by atoms with Gasteiger partial charge in [0.1, 0.15) is 5.82 Å². The summed E-state index contributed by atoms with van der Waals surface area (Å²) in [4.78, 5) is 0. The standard InChI is InChI=1S/C18H16BrN3/c19-15-8-6-14(7-9-15)17-10-11-20-18-12-16(21-22(17)18)13-4-2-1-3-5-13/h1-9,12,17,20H,10-11H2. The molecule has 1 aliphatic rings. The van der Waals surface area contributed by atoms with Crippen molar-refractivity contribution >= 4 is 21.7 Å². The second-order valence-electron chi connectivity index (χ2n) is 5.51. The van der Waals surface area contributed by atoms with Crippen molar-refractivity contribution in [3.05, 3.63) is 70.7 Å². The molecule has 1 N–H and O–H groups in total. The van der Waals surface area contributed by atoms with Crippen LogP contribution in [0.15, 0.2) is 65.1 Å². The third-order valence-corrected chi connectivity index (χ3v) is 4.61. The fourth-order valence-electron chi connectivity index (χ4n) is 2.97. The van der Waals surface area contributed by atoms with E-state index in [0.717, 1.165) is 34.5 Å². The van der Waals surface area contributed by atoms with E-state index in [9.17, 15) is 0 Å². The van der Waals surface area contributed by atoms with Gasteiger partial charge < -0.3 is 5.32 Å². The molecule has 4 rings (SSSR count). The largest absolute Gasteiger partial charge is 0.370 e. The van der Waals surface area contributed by atoms with Gasteiger partial charge in [-0.25, -0.2) is 4.68 Å². The van der Waals surface area contributed by atoms with Gasteiger partial charge in [0.15, 0.2) is 0 Å². The number of fused-ring (bicyclic) bond motifs is 1. The molecule has 1 atom stereocenters. The van der Waals surface area contributed by atoms with Gasteiger partial charge in [-0.15, -0.1) is 0 Å². The van der Waals surface area contributed by atoms with Crippen molar-refractivity contribution in [2.75, 3.05) is 11.9 Å². The quantitative estimate of drug-likeness (QED) is 0.722. The van der Waals surface area contributed by atoms with Gasteiger partial charge in [-0.1, -0.05) is 58.4 Å². The van der Waals surface area contributed by atoms with Crippen LogP contribution in [0.5, 0.6) is 0 Å². The number of aromatic nitrogens is 2. The van der Waals surface area contributed by atoms with Crippen molar-refractivity contribution in [3.8, 4) is 11.3 Å². The number of benzene rings is 2. The van der Waals surface area contributed by atoms with Crippen molar-refractivity contribution in [3.63, 3.8) is 0 Å². The van der Waals surface area contributed by atoms with Gasteiger partial charge in [0.25, 0.3) is 0 Å². The summed E-state index contributed by atoms with van der Waals surface area (Å²) in [7, 11) is 0. The van der Waals surface area contributed by atoms with Gasteiger partial charge in [-0.05, 0) is 24.1 Å². The van der Waals surface area contributed by atoms with E-state index in [1.807, 2.05) is 18.2 Å². The van der Waals surface area contributed by atoms with Gasteiger partial charge in [-0.3, -0.25) is 0 Å². The smallest absolute Gasteiger partial charge is 0.125 e. The Morgan fingerprint density at radius 1 is 1.05 bits per heavy atom. The summed E-state index contributed by atoms with van der Waals surface area (Å²) < 4.78 is 3.23. The molecule has 1 unspecified atom stereocenters. The monoisotopic (exact) mass is 353 g/mol. The summed E-state index contributed by atoms with van der Waals surface area (Å²) in [6.45, 7) is 0.973. The second kappa shape index (κ2) is 5.61. The van der Waals surface area contributed by atoms with Crippen molar-refractivity contribution in [1.82, 2.24) is 9.78 Å². The van der Waals surface area contributed by atoms with Crippen molar-refractivity contribution in [2.24, 2.45) is 0 Å². The number of hydrogen-bond acceptors (Lipinski definition) is 2. The SMILES string of the molecule is Brc1ccc(C2CCNc3cc(-c4ccccc4)nn32)cc1. The molecule has 0 spiro atoms. The highest BCUT2D eigenvalue weighted by molar-refractivity contribution is 9.10. The van der Waals surface area contributed by atoms with Crippen LogP contribution >= 0.6 is 15.9 Å². The van der Waals surface area contributed by atoms with E-state index in [-0.39, 0.29) is 0 Å². The summed E-state index contributed by atoms with van der Waals surface area (Å²) in [6, 6.07) is 21.3. The maximum absolute atomic E-state index is 4.84. The van der Waals surface area contributed by atoms with E-state index < -0.39 is 0 Å². The highest BCUT2D eigenvalue weighted by atomic mass is 79.9. The Bertz CT molecular complexity index is 778. The molecule has 1 aromatic heterocycles. The Hall–Kier alpha value is -2.07. The molecule has 1 aliphatic heterocycles. The molecule has 0 fully saturated rings. The van der Waals surface area contributed by atoms with Crippen LogP contribution < -0.4 is 5.32 Å². The molecule has 110 valence electrons. The highest BCUT2D eigenvalue weighted by Crippen LogP contribution is 2.32. The zero-order chi connectivity index (χ0) is 14.9. The third kappa shape index (κ3) is 2.44. The molecule has 3 aromatic rings. The summed E-state index contributed by atoms with van der Waals surface area (Å²) in [5.41, 5.74) is 3.47. The molecular formula is C18H16BrN3. The first-order chi connectivity index (χ1) is 10.8. The van der Waals surface area contributed by atoms with E-state index in [4.69, 9.17) is 5.10 Å². The Balaban J connectivity index is 1.75. The summed E-state index contributed by atoms with van der Waals surface area (Å²) in [6.07, 6.45) is 1.05. The van der Waals surface area contributed by atoms with E-state index in [0.29, 0.717) is 6.04 Å². The van der Waals surface area contributed by atoms with Gasteiger partial charge in [0.2, 0.25) is 0 Å². The molecular weight excluding hydrogens is 338 g/mol. The van der Waals surface area contributed by atoms with Crippen LogP contribution in [-0.2, 0) is 0 Å². The van der Waals surface area contributed by atoms with Crippen molar-refractivity contribution < 1.29 is 0 Å². The zero-order valence-electron chi connectivity index (χ0n) is 12.0. The maximum Gasteiger partial charge on any atom is 0.125 e. The number of halogens is 1. The Kier molecular flexibility index (Phi) is 3.47. The van der Waals surface area contributed by atoms with Gasteiger partial charge >= 0.3 is 0 Å². The molecule has 4 heteroatoms. The van der Waals surface area contributed by atoms with Crippen LogP contribution in [0.4, 0.5) is 5.82 Å². The summed E-state index contributed by atoms with van der Waals surface area (Å²) in [5, 5.41) is 8.30. The number of nitrogens with one attached hydrogen (secondary N) is 1. The van der Waals surface area contributed by atoms with Crippen molar-refractivity contribution in [2.45, 2.75) is 12.5 Å². The lowest BCUT2D eigenvalue weighted by molar-refractivity contribution is 0.483. The van der Waals surface area contributed by atoms with Gasteiger partial charge in [-0.2, -0.15) is 5.10 Å². The van der Waals surface area contributed by atoms with Crippen molar-refractivity contribution in [1.29, 1.82) is 0 Å². The fourth-order valence-corrected chi connectivity index (χ4v) is 3.23. The number of anilines is 1. The first kappa shape index (κ1) is 13.6. The predicted octanol–water partition coefficient (Wildman–Crippen LogP) is 4.72. The molecule has 3 nitrogen and oxygen atoms in total. The summed E-state index contributed by atoms with van der Waals surface area (Å²) in [5.74, 6) is 1.10. The molecule has 22 heavy (non-hydrogen) atoms. The molecule has 0 bridgehead atoms. The minimum Gasteiger partial charge on any atom is -0.370 e. The lowest BCUT2D eigenvalue weighted by atomic mass is 10.0. The van der Waals surface area contributed by atoms with Crippen LogP contribution in [0.3, 0.4) is 0 Å². The zero-order valence-corrected chi connectivity index (χ0v) is 13.6.